The number of nitrogens with one attached hydrogen (secondary N) is 1. The van der Waals surface area contributed by atoms with Crippen LogP contribution in [0.3, 0.4) is 0 Å². The van der Waals surface area contributed by atoms with E-state index >= 15 is 0 Å². The first-order valence-electron chi connectivity index (χ1n) is 8.56. The van der Waals surface area contributed by atoms with Gasteiger partial charge in [0.15, 0.2) is 9.84 Å². The molecule has 1 N–H and O–H groups in total. The maximum Gasteiger partial charge on any atom is 0.251 e. The summed E-state index contributed by atoms with van der Waals surface area (Å²) in [4.78, 5) is 28.9. The summed E-state index contributed by atoms with van der Waals surface area (Å²) in [5, 5.41) is 0.871. The van der Waals surface area contributed by atoms with Gasteiger partial charge in [0.1, 0.15) is 0 Å². The van der Waals surface area contributed by atoms with Crippen molar-refractivity contribution in [3.8, 4) is 0 Å². The number of carbonyl (C=O) groups excluding carboxylic acids is 1. The van der Waals surface area contributed by atoms with Crippen LogP contribution in [0.4, 0.5) is 0 Å². The van der Waals surface area contributed by atoms with Crippen LogP contribution in [0, 0.1) is 6.92 Å². The minimum atomic E-state index is -3.16. The minimum absolute atomic E-state index is 0.00986. The molecule has 2 aliphatic heterocycles. The number of fused-ring (bicyclic) bond motifs is 2. The molecular weight excluding hydrogens is 356 g/mol. The Morgan fingerprint density at radius 2 is 2.12 bits per heavy atom. The van der Waals surface area contributed by atoms with E-state index in [9.17, 15) is 18.0 Å². The molecule has 8 heteroatoms. The fourth-order valence-electron chi connectivity index (χ4n) is 3.78. The molecule has 7 nitrogen and oxygen atoms in total. The second-order valence-electron chi connectivity index (χ2n) is 7.02. The van der Waals surface area contributed by atoms with Crippen LogP contribution in [0.5, 0.6) is 0 Å². The number of carbonyl (C=O) groups is 1. The normalized spacial score (nSPS) is 24.6. The number of ether oxygens (including phenoxy) is 1. The Balaban J connectivity index is 1.57. The molecule has 1 amide bonds. The minimum Gasteiger partial charge on any atom is -0.373 e. The summed E-state index contributed by atoms with van der Waals surface area (Å²) < 4.78 is 29.3. The predicted octanol–water partition coefficient (Wildman–Crippen LogP) is 0.403. The first-order valence-corrected chi connectivity index (χ1v) is 10.4. The molecule has 4 rings (SSSR count). The van der Waals surface area contributed by atoms with E-state index in [1.54, 1.807) is 24.0 Å². The van der Waals surface area contributed by atoms with E-state index < -0.39 is 15.9 Å². The first-order chi connectivity index (χ1) is 12.3. The van der Waals surface area contributed by atoms with Crippen molar-refractivity contribution in [3.05, 3.63) is 45.7 Å². The van der Waals surface area contributed by atoms with Gasteiger partial charge >= 0.3 is 0 Å². The van der Waals surface area contributed by atoms with Crippen LogP contribution < -0.4 is 5.56 Å². The standard InChI is InChI=1S/C18H20N2O5S/c1-11-6-13-7-12(2-3-14(13)19-18(11)22)8-17(21)20-4-5-25-16-10-26(23,24)9-15(16)20/h2-3,6-7,15-16H,4-5,8-10H2,1H3,(H,19,22). The van der Waals surface area contributed by atoms with Gasteiger partial charge in [-0.3, -0.25) is 9.59 Å². The number of H-pyrrole nitrogens is 1. The Bertz CT molecular complexity index is 1040. The van der Waals surface area contributed by atoms with Crippen LogP contribution in [0.2, 0.25) is 0 Å². The lowest BCUT2D eigenvalue weighted by molar-refractivity contribution is -0.142. The van der Waals surface area contributed by atoms with Gasteiger partial charge in [0, 0.05) is 17.6 Å². The van der Waals surface area contributed by atoms with Gasteiger partial charge < -0.3 is 14.6 Å². The largest absolute Gasteiger partial charge is 0.373 e. The number of rotatable bonds is 2. The highest BCUT2D eigenvalue weighted by molar-refractivity contribution is 7.91. The Labute approximate surface area is 150 Å². The van der Waals surface area contributed by atoms with Gasteiger partial charge in [-0.15, -0.1) is 0 Å². The molecule has 2 aliphatic rings. The van der Waals surface area contributed by atoms with Crippen molar-refractivity contribution in [1.29, 1.82) is 0 Å². The molecule has 1 aromatic heterocycles. The first kappa shape index (κ1) is 17.2. The molecule has 0 radical (unpaired) electrons. The fraction of sp³-hybridized carbons (Fsp3) is 0.444. The Morgan fingerprint density at radius 1 is 1.31 bits per heavy atom. The Kier molecular flexibility index (Phi) is 4.11. The number of aromatic nitrogens is 1. The summed E-state index contributed by atoms with van der Waals surface area (Å²) >= 11 is 0. The summed E-state index contributed by atoms with van der Waals surface area (Å²) in [7, 11) is -3.16. The van der Waals surface area contributed by atoms with Crippen LogP contribution >= 0.6 is 0 Å². The number of benzene rings is 1. The monoisotopic (exact) mass is 376 g/mol. The molecule has 0 aliphatic carbocycles. The van der Waals surface area contributed by atoms with Gasteiger partial charge in [-0.25, -0.2) is 8.42 Å². The average Bonchev–Trinajstić information content (AvgIpc) is 2.89. The third-order valence-electron chi connectivity index (χ3n) is 5.11. The zero-order valence-electron chi connectivity index (χ0n) is 14.4. The molecular formula is C18H20N2O5S. The highest BCUT2D eigenvalue weighted by atomic mass is 32.2. The number of amides is 1. The number of pyridine rings is 1. The smallest absolute Gasteiger partial charge is 0.251 e. The molecule has 1 aromatic carbocycles. The van der Waals surface area contributed by atoms with Crippen molar-refractivity contribution >= 4 is 26.6 Å². The van der Waals surface area contributed by atoms with E-state index in [1.165, 1.54) is 0 Å². The van der Waals surface area contributed by atoms with Crippen LogP contribution in [0.15, 0.2) is 29.1 Å². The molecule has 2 atom stereocenters. The summed E-state index contributed by atoms with van der Waals surface area (Å²) in [6.45, 7) is 2.51. The van der Waals surface area contributed by atoms with Gasteiger partial charge in [-0.1, -0.05) is 6.07 Å². The van der Waals surface area contributed by atoms with E-state index in [4.69, 9.17) is 4.74 Å². The van der Waals surface area contributed by atoms with Crippen LogP contribution in [-0.2, 0) is 25.8 Å². The van der Waals surface area contributed by atoms with Crippen molar-refractivity contribution in [2.45, 2.75) is 25.5 Å². The van der Waals surface area contributed by atoms with Crippen molar-refractivity contribution < 1.29 is 17.9 Å². The van der Waals surface area contributed by atoms with E-state index in [-0.39, 0.29) is 35.4 Å². The molecule has 2 aromatic rings. The van der Waals surface area contributed by atoms with E-state index in [0.717, 1.165) is 16.5 Å². The number of nitrogens with zero attached hydrogens (tertiary/aromatic N) is 1. The Morgan fingerprint density at radius 3 is 2.92 bits per heavy atom. The predicted molar refractivity (Wildman–Crippen MR) is 96.9 cm³/mol. The maximum absolute atomic E-state index is 12.8. The molecule has 0 saturated carbocycles. The maximum atomic E-state index is 12.8. The summed E-state index contributed by atoms with van der Waals surface area (Å²) in [6.07, 6.45) is -0.223. The molecule has 2 unspecified atom stereocenters. The van der Waals surface area contributed by atoms with Crippen LogP contribution in [-0.4, -0.2) is 61.0 Å². The highest BCUT2D eigenvalue weighted by Crippen LogP contribution is 2.25. The molecule has 2 fully saturated rings. The molecule has 0 spiro atoms. The van der Waals surface area contributed by atoms with E-state index in [0.29, 0.717) is 18.7 Å². The molecule has 0 bridgehead atoms. The van der Waals surface area contributed by atoms with Gasteiger partial charge in [-0.2, -0.15) is 0 Å². The average molecular weight is 376 g/mol. The zero-order chi connectivity index (χ0) is 18.5. The lowest BCUT2D eigenvalue weighted by Crippen LogP contribution is -2.53. The third kappa shape index (κ3) is 3.14. The summed E-state index contributed by atoms with van der Waals surface area (Å²) in [5.41, 5.74) is 2.05. The topological polar surface area (TPSA) is 96.5 Å². The van der Waals surface area contributed by atoms with Gasteiger partial charge in [-0.05, 0) is 36.1 Å². The number of morpholine rings is 1. The quantitative estimate of drug-likeness (QED) is 0.819. The van der Waals surface area contributed by atoms with Gasteiger partial charge in [0.05, 0.1) is 36.7 Å². The SMILES string of the molecule is Cc1cc2cc(CC(=O)N3CCOC4CS(=O)(=O)CC43)ccc2[nH]c1=O. The second-order valence-corrected chi connectivity index (χ2v) is 9.17. The summed E-state index contributed by atoms with van der Waals surface area (Å²) in [6, 6.07) is 6.91. The van der Waals surface area contributed by atoms with Crippen LogP contribution in [0.25, 0.3) is 10.9 Å². The van der Waals surface area contributed by atoms with E-state index in [1.807, 2.05) is 12.1 Å². The fourth-order valence-corrected chi connectivity index (χ4v) is 5.65. The highest BCUT2D eigenvalue weighted by Gasteiger charge is 2.45. The lowest BCUT2D eigenvalue weighted by Gasteiger charge is -2.36. The molecule has 138 valence electrons. The van der Waals surface area contributed by atoms with Crippen LogP contribution in [0.1, 0.15) is 11.1 Å². The second kappa shape index (κ2) is 6.21. The van der Waals surface area contributed by atoms with Gasteiger partial charge in [0.2, 0.25) is 5.91 Å². The molecule has 26 heavy (non-hydrogen) atoms. The van der Waals surface area contributed by atoms with Crippen molar-refractivity contribution in [2.75, 3.05) is 24.7 Å². The number of aryl methyl sites for hydroxylation is 1. The van der Waals surface area contributed by atoms with Crippen molar-refractivity contribution in [1.82, 2.24) is 9.88 Å². The third-order valence-corrected chi connectivity index (χ3v) is 6.79. The summed E-state index contributed by atoms with van der Waals surface area (Å²) in [5.74, 6) is -0.132. The van der Waals surface area contributed by atoms with Gasteiger partial charge in [0.25, 0.3) is 5.56 Å². The number of hydrogen-bond donors (Lipinski definition) is 1. The van der Waals surface area contributed by atoms with E-state index in [2.05, 4.69) is 4.98 Å². The lowest BCUT2D eigenvalue weighted by atomic mass is 10.0. The van der Waals surface area contributed by atoms with Crippen molar-refractivity contribution in [2.24, 2.45) is 0 Å². The number of sulfone groups is 1. The number of hydrogen-bond acceptors (Lipinski definition) is 5. The number of aromatic amines is 1. The molecule has 3 heterocycles. The molecule has 2 saturated heterocycles. The Hall–Kier alpha value is -2.19. The van der Waals surface area contributed by atoms with Crippen molar-refractivity contribution in [3.63, 3.8) is 0 Å². The zero-order valence-corrected chi connectivity index (χ0v) is 15.2.